The molecule has 1 amide bonds. The van der Waals surface area contributed by atoms with Crippen LogP contribution in [0.5, 0.6) is 0 Å². The minimum atomic E-state index is -0.583. The molecule has 0 unspecified atom stereocenters. The van der Waals surface area contributed by atoms with E-state index < -0.39 is 5.60 Å². The maximum Gasteiger partial charge on any atom is 0.410 e. The number of ether oxygens (including phenoxy) is 1. The van der Waals surface area contributed by atoms with Gasteiger partial charge >= 0.3 is 6.09 Å². The third-order valence-electron chi connectivity index (χ3n) is 5.89. The molecule has 2 heterocycles. The summed E-state index contributed by atoms with van der Waals surface area (Å²) in [4.78, 5) is 13.8. The molecule has 33 heavy (non-hydrogen) atoms. The van der Waals surface area contributed by atoms with E-state index in [9.17, 15) is 15.0 Å². The van der Waals surface area contributed by atoms with Crippen molar-refractivity contribution < 1.29 is 24.9 Å². The summed E-state index contributed by atoms with van der Waals surface area (Å²) in [6.07, 6.45) is 6.93. The first kappa shape index (κ1) is 31.3. The SMILES string of the molecule is C.CC1(O)CCCN(C(=O)OCc2ccccc2)CCC1.CC1(O)CCCNCCC1.CO. The highest BCUT2D eigenvalue weighted by molar-refractivity contribution is 5.67. The number of benzene rings is 1. The van der Waals surface area contributed by atoms with Gasteiger partial charge in [-0.25, -0.2) is 4.79 Å². The average Bonchev–Trinajstić information content (AvgIpc) is 2.75. The van der Waals surface area contributed by atoms with Crippen molar-refractivity contribution in [1.29, 1.82) is 0 Å². The zero-order chi connectivity index (χ0) is 23.9. The number of amides is 1. The molecule has 7 heteroatoms. The molecule has 2 fully saturated rings. The lowest BCUT2D eigenvalue weighted by Crippen LogP contribution is -2.38. The van der Waals surface area contributed by atoms with E-state index in [1.807, 2.05) is 44.2 Å². The lowest BCUT2D eigenvalue weighted by molar-refractivity contribution is 0.0208. The van der Waals surface area contributed by atoms with Crippen LogP contribution in [-0.4, -0.2) is 70.8 Å². The first-order valence-corrected chi connectivity index (χ1v) is 11.8. The van der Waals surface area contributed by atoms with E-state index in [1.54, 1.807) is 4.90 Å². The first-order chi connectivity index (χ1) is 15.3. The van der Waals surface area contributed by atoms with Gasteiger partial charge in [0, 0.05) is 20.2 Å². The number of nitrogens with zero attached hydrogens (tertiary/aromatic N) is 1. The van der Waals surface area contributed by atoms with E-state index >= 15 is 0 Å². The molecule has 7 nitrogen and oxygen atoms in total. The van der Waals surface area contributed by atoms with Gasteiger partial charge < -0.3 is 30.3 Å². The number of hydrogen-bond acceptors (Lipinski definition) is 6. The van der Waals surface area contributed by atoms with Crippen LogP contribution in [0.15, 0.2) is 30.3 Å². The minimum absolute atomic E-state index is 0. The molecule has 0 radical (unpaired) electrons. The highest BCUT2D eigenvalue weighted by atomic mass is 16.6. The van der Waals surface area contributed by atoms with Crippen molar-refractivity contribution in [3.63, 3.8) is 0 Å². The molecule has 1 aromatic carbocycles. The molecule has 3 rings (SSSR count). The zero-order valence-corrected chi connectivity index (χ0v) is 20.2. The standard InChI is InChI=1S/C16H23NO3.C8H17NO.CH4O.CH4/c1-16(19)9-5-11-17(12-6-10-16)15(18)20-13-14-7-3-2-4-8-14;1-8(10)4-2-6-9-7-3-5-8;1-2;/h2-4,7-8,19H,5-6,9-13H2,1H3;9-10H,2-7H2,1H3;2H,1H3;1H4. The summed E-state index contributed by atoms with van der Waals surface area (Å²) in [6.45, 7) is 7.57. The maximum absolute atomic E-state index is 12.0. The Bertz CT molecular complexity index is 600. The molecular formula is C26H48N2O5. The third kappa shape index (κ3) is 14.3. The summed E-state index contributed by atoms with van der Waals surface area (Å²) in [7, 11) is 1.00. The van der Waals surface area contributed by atoms with Crippen molar-refractivity contribution in [3.8, 4) is 0 Å². The summed E-state index contributed by atoms with van der Waals surface area (Å²) in [5, 5.41) is 30.0. The predicted octanol–water partition coefficient (Wildman–Crippen LogP) is 4.10. The Morgan fingerprint density at radius 1 is 0.909 bits per heavy atom. The van der Waals surface area contributed by atoms with Gasteiger partial charge in [0.05, 0.1) is 11.2 Å². The van der Waals surface area contributed by atoms with Gasteiger partial charge in [-0.05, 0) is 83.9 Å². The van der Waals surface area contributed by atoms with Crippen LogP contribution in [0.4, 0.5) is 4.79 Å². The van der Waals surface area contributed by atoms with E-state index in [-0.39, 0.29) is 19.1 Å². The fraction of sp³-hybridized carbons (Fsp3) is 0.731. The fourth-order valence-electron chi connectivity index (χ4n) is 3.97. The van der Waals surface area contributed by atoms with Crippen LogP contribution in [0.25, 0.3) is 0 Å². The minimum Gasteiger partial charge on any atom is -0.445 e. The molecule has 0 bridgehead atoms. The van der Waals surface area contributed by atoms with Gasteiger partial charge in [0.1, 0.15) is 6.61 Å². The Morgan fingerprint density at radius 2 is 1.36 bits per heavy atom. The van der Waals surface area contributed by atoms with Crippen molar-refractivity contribution >= 4 is 6.09 Å². The number of rotatable bonds is 2. The van der Waals surface area contributed by atoms with E-state index in [0.717, 1.165) is 77.1 Å². The number of aliphatic hydroxyl groups excluding tert-OH is 1. The fourth-order valence-corrected chi connectivity index (χ4v) is 3.97. The van der Waals surface area contributed by atoms with Crippen LogP contribution in [-0.2, 0) is 11.3 Å². The van der Waals surface area contributed by atoms with Crippen LogP contribution in [0, 0.1) is 0 Å². The molecule has 0 aromatic heterocycles. The molecule has 192 valence electrons. The maximum atomic E-state index is 12.0. The van der Waals surface area contributed by atoms with Gasteiger partial charge in [0.25, 0.3) is 0 Å². The first-order valence-electron chi connectivity index (χ1n) is 11.8. The van der Waals surface area contributed by atoms with E-state index in [2.05, 4.69) is 5.32 Å². The van der Waals surface area contributed by atoms with E-state index in [0.29, 0.717) is 19.7 Å². The van der Waals surface area contributed by atoms with Crippen LogP contribution in [0.3, 0.4) is 0 Å². The topological polar surface area (TPSA) is 102 Å². The molecule has 0 atom stereocenters. The number of hydrogen-bond donors (Lipinski definition) is 4. The Morgan fingerprint density at radius 3 is 1.85 bits per heavy atom. The van der Waals surface area contributed by atoms with E-state index in [4.69, 9.17) is 9.84 Å². The van der Waals surface area contributed by atoms with Crippen molar-refractivity contribution in [1.82, 2.24) is 10.2 Å². The van der Waals surface area contributed by atoms with Gasteiger partial charge in [-0.1, -0.05) is 37.8 Å². The molecule has 0 aliphatic carbocycles. The molecule has 4 N–H and O–H groups in total. The van der Waals surface area contributed by atoms with Crippen LogP contribution < -0.4 is 5.32 Å². The van der Waals surface area contributed by atoms with Gasteiger partial charge in [-0.2, -0.15) is 0 Å². The second-order valence-electron chi connectivity index (χ2n) is 9.19. The Kier molecular flexibility index (Phi) is 16.0. The largest absolute Gasteiger partial charge is 0.445 e. The quantitative estimate of drug-likeness (QED) is 0.521. The zero-order valence-electron chi connectivity index (χ0n) is 20.2. The molecule has 2 aliphatic rings. The highest BCUT2D eigenvalue weighted by Crippen LogP contribution is 2.22. The summed E-state index contributed by atoms with van der Waals surface area (Å²) < 4.78 is 5.34. The van der Waals surface area contributed by atoms with Gasteiger partial charge in [-0.15, -0.1) is 0 Å². The summed E-state index contributed by atoms with van der Waals surface area (Å²) in [5.41, 5.74) is 0.0260. The van der Waals surface area contributed by atoms with Crippen molar-refractivity contribution in [2.24, 2.45) is 0 Å². The summed E-state index contributed by atoms with van der Waals surface area (Å²) in [5.74, 6) is 0. The predicted molar refractivity (Wildman–Crippen MR) is 134 cm³/mol. The van der Waals surface area contributed by atoms with E-state index in [1.165, 1.54) is 0 Å². The van der Waals surface area contributed by atoms with Gasteiger partial charge in [0.15, 0.2) is 0 Å². The van der Waals surface area contributed by atoms with Crippen molar-refractivity contribution in [2.45, 2.75) is 90.4 Å². The monoisotopic (exact) mass is 468 g/mol. The van der Waals surface area contributed by atoms with Gasteiger partial charge in [0.2, 0.25) is 0 Å². The highest BCUT2D eigenvalue weighted by Gasteiger charge is 2.25. The van der Waals surface area contributed by atoms with Crippen molar-refractivity contribution in [2.75, 3.05) is 33.3 Å². The second kappa shape index (κ2) is 16.9. The molecule has 0 saturated carbocycles. The number of likely N-dealkylation sites (tertiary alicyclic amines) is 1. The second-order valence-corrected chi connectivity index (χ2v) is 9.19. The lowest BCUT2D eigenvalue weighted by Gasteiger charge is -2.30. The Balaban J connectivity index is 0.000000666. The lowest BCUT2D eigenvalue weighted by atomic mass is 9.93. The normalized spacial score (nSPS) is 19.9. The summed E-state index contributed by atoms with van der Waals surface area (Å²) >= 11 is 0. The number of carbonyl (C=O) groups excluding carboxylic acids is 1. The smallest absolute Gasteiger partial charge is 0.410 e. The Labute approximate surface area is 201 Å². The summed E-state index contributed by atoms with van der Waals surface area (Å²) in [6, 6.07) is 9.69. The Hall–Kier alpha value is -1.67. The number of nitrogens with one attached hydrogen (secondary N) is 1. The molecule has 2 saturated heterocycles. The average molecular weight is 469 g/mol. The third-order valence-corrected chi connectivity index (χ3v) is 5.89. The molecule has 2 aliphatic heterocycles. The number of aliphatic hydroxyl groups is 3. The van der Waals surface area contributed by atoms with Gasteiger partial charge in [-0.3, -0.25) is 0 Å². The number of carbonyl (C=O) groups is 1. The van der Waals surface area contributed by atoms with Crippen LogP contribution in [0.2, 0.25) is 0 Å². The van der Waals surface area contributed by atoms with Crippen LogP contribution >= 0.6 is 0 Å². The molecular weight excluding hydrogens is 420 g/mol. The van der Waals surface area contributed by atoms with Crippen LogP contribution in [0.1, 0.15) is 78.2 Å². The van der Waals surface area contributed by atoms with Crippen molar-refractivity contribution in [3.05, 3.63) is 35.9 Å². The molecule has 1 aromatic rings. The molecule has 0 spiro atoms.